The Morgan fingerprint density at radius 2 is 2.11 bits per heavy atom. The number of carbonyl (C=O) groups is 1. The number of nitrogens with zero attached hydrogens (tertiary/aromatic N) is 3. The summed E-state index contributed by atoms with van der Waals surface area (Å²) in [6, 6.07) is 0. The highest BCUT2D eigenvalue weighted by atomic mass is 32.1. The zero-order valence-corrected chi connectivity index (χ0v) is 9.39. The number of aromatic carboxylic acids is 1. The molecule has 18 heavy (non-hydrogen) atoms. The molecule has 2 N–H and O–H groups in total. The summed E-state index contributed by atoms with van der Waals surface area (Å²) in [6.45, 7) is 0. The van der Waals surface area contributed by atoms with Crippen LogP contribution in [-0.4, -0.2) is 25.7 Å². The van der Waals surface area contributed by atoms with Gasteiger partial charge in [0.2, 0.25) is 0 Å². The molecule has 0 aromatic carbocycles. The van der Waals surface area contributed by atoms with Crippen molar-refractivity contribution in [2.45, 2.75) is 0 Å². The van der Waals surface area contributed by atoms with Crippen LogP contribution in [0.2, 0.25) is 0 Å². The SMILES string of the molecule is O=C(O)c1c(Nn2c(=O)c2=O)sc2ncncc12. The summed E-state index contributed by atoms with van der Waals surface area (Å²) < 4.78 is 0.741. The van der Waals surface area contributed by atoms with Gasteiger partial charge in [0.1, 0.15) is 21.7 Å². The van der Waals surface area contributed by atoms with Gasteiger partial charge in [0, 0.05) is 11.6 Å². The van der Waals surface area contributed by atoms with Crippen molar-refractivity contribution < 1.29 is 9.90 Å². The van der Waals surface area contributed by atoms with Crippen LogP contribution in [0, 0.1) is 0 Å². The lowest BCUT2D eigenvalue weighted by molar-refractivity contribution is 0.0700. The molecule has 0 aliphatic rings. The Hall–Kier alpha value is -2.55. The first kappa shape index (κ1) is 10.6. The van der Waals surface area contributed by atoms with Gasteiger partial charge in [-0.25, -0.2) is 14.8 Å². The third-order valence-electron chi connectivity index (χ3n) is 2.34. The lowest BCUT2D eigenvalue weighted by Gasteiger charge is -1.98. The van der Waals surface area contributed by atoms with E-state index in [2.05, 4.69) is 15.4 Å². The molecule has 3 heterocycles. The van der Waals surface area contributed by atoms with E-state index in [9.17, 15) is 14.4 Å². The van der Waals surface area contributed by atoms with Crippen molar-refractivity contribution in [1.29, 1.82) is 0 Å². The molecule has 0 aliphatic heterocycles. The lowest BCUT2D eigenvalue weighted by Crippen LogP contribution is -2.09. The van der Waals surface area contributed by atoms with Crippen LogP contribution in [0.5, 0.6) is 0 Å². The maximum atomic E-state index is 11.2. The normalized spacial score (nSPS) is 11.1. The zero-order valence-electron chi connectivity index (χ0n) is 8.58. The van der Waals surface area contributed by atoms with E-state index in [0.29, 0.717) is 10.2 Å². The molecule has 3 aromatic rings. The van der Waals surface area contributed by atoms with Gasteiger partial charge in [-0.15, -0.1) is 0 Å². The molecule has 0 radical (unpaired) electrons. The van der Waals surface area contributed by atoms with E-state index in [-0.39, 0.29) is 10.6 Å². The molecule has 0 fully saturated rings. The summed E-state index contributed by atoms with van der Waals surface area (Å²) in [7, 11) is 0. The molecule has 3 rings (SSSR count). The van der Waals surface area contributed by atoms with Crippen LogP contribution in [0.4, 0.5) is 5.00 Å². The van der Waals surface area contributed by atoms with Gasteiger partial charge in [-0.05, 0) is 0 Å². The minimum atomic E-state index is -1.18. The van der Waals surface area contributed by atoms with Gasteiger partial charge in [-0.3, -0.25) is 15.0 Å². The third kappa shape index (κ3) is 1.41. The summed E-state index contributed by atoms with van der Waals surface area (Å²) in [6.07, 6.45) is 2.67. The van der Waals surface area contributed by atoms with Gasteiger partial charge in [-0.1, -0.05) is 11.3 Å². The van der Waals surface area contributed by atoms with Crippen LogP contribution in [0.15, 0.2) is 22.1 Å². The smallest absolute Gasteiger partial charge is 0.340 e. The zero-order chi connectivity index (χ0) is 12.9. The average molecular weight is 264 g/mol. The van der Waals surface area contributed by atoms with Crippen LogP contribution < -0.4 is 16.5 Å². The fourth-order valence-electron chi connectivity index (χ4n) is 1.47. The minimum Gasteiger partial charge on any atom is -0.478 e. The van der Waals surface area contributed by atoms with E-state index in [0.717, 1.165) is 16.0 Å². The summed E-state index contributed by atoms with van der Waals surface area (Å²) >= 11 is 1.04. The molecule has 0 amide bonds. The molecule has 8 nitrogen and oxygen atoms in total. The molecule has 0 atom stereocenters. The van der Waals surface area contributed by atoms with Crippen molar-refractivity contribution >= 4 is 32.5 Å². The van der Waals surface area contributed by atoms with Crippen molar-refractivity contribution in [3.63, 3.8) is 0 Å². The molecule has 0 bridgehead atoms. The number of fused-ring (bicyclic) bond motifs is 1. The van der Waals surface area contributed by atoms with Crippen LogP contribution >= 0.6 is 11.3 Å². The first-order chi connectivity index (χ1) is 8.59. The monoisotopic (exact) mass is 264 g/mol. The molecule has 0 unspecified atom stereocenters. The average Bonchev–Trinajstić information content (AvgIpc) is 2.78. The fourth-order valence-corrected chi connectivity index (χ4v) is 2.46. The predicted octanol–water partition coefficient (Wildman–Crippen LogP) is -0.338. The van der Waals surface area contributed by atoms with Crippen LogP contribution in [0.3, 0.4) is 0 Å². The van der Waals surface area contributed by atoms with E-state index in [1.165, 1.54) is 12.5 Å². The topological polar surface area (TPSA) is 114 Å². The van der Waals surface area contributed by atoms with Gasteiger partial charge in [0.15, 0.2) is 0 Å². The van der Waals surface area contributed by atoms with Crippen molar-refractivity contribution in [2.75, 3.05) is 5.43 Å². The second kappa shape index (κ2) is 3.47. The number of thiophene rings is 1. The Morgan fingerprint density at radius 3 is 2.72 bits per heavy atom. The van der Waals surface area contributed by atoms with Crippen molar-refractivity contribution in [1.82, 2.24) is 14.6 Å². The number of carboxylic acids is 1. The summed E-state index contributed by atoms with van der Waals surface area (Å²) in [5.74, 6) is -1.18. The molecule has 3 aromatic heterocycles. The first-order valence-corrected chi connectivity index (χ1v) is 5.52. The molecule has 0 saturated heterocycles. The molecule has 9 heteroatoms. The number of hydrogen-bond donors (Lipinski definition) is 2. The van der Waals surface area contributed by atoms with Gasteiger partial charge in [-0.2, -0.15) is 4.68 Å². The number of anilines is 1. The van der Waals surface area contributed by atoms with Gasteiger partial charge in [0.05, 0.1) is 0 Å². The maximum absolute atomic E-state index is 11.2. The number of hydrogen-bond acceptors (Lipinski definition) is 7. The fraction of sp³-hybridized carbons (Fsp3) is 0. The first-order valence-electron chi connectivity index (χ1n) is 4.70. The van der Waals surface area contributed by atoms with Gasteiger partial charge in [0.25, 0.3) is 0 Å². The molecule has 0 aliphatic carbocycles. The number of aromatic nitrogens is 3. The highest BCUT2D eigenvalue weighted by molar-refractivity contribution is 7.22. The van der Waals surface area contributed by atoms with Crippen LogP contribution in [0.1, 0.15) is 10.4 Å². The Labute approximate surface area is 102 Å². The molecular weight excluding hydrogens is 260 g/mol. The third-order valence-corrected chi connectivity index (χ3v) is 3.36. The Morgan fingerprint density at radius 1 is 1.39 bits per heavy atom. The van der Waals surface area contributed by atoms with Crippen molar-refractivity contribution in [3.05, 3.63) is 38.8 Å². The van der Waals surface area contributed by atoms with E-state index in [1.54, 1.807) is 0 Å². The van der Waals surface area contributed by atoms with Gasteiger partial charge < -0.3 is 5.11 Å². The van der Waals surface area contributed by atoms with E-state index < -0.39 is 17.1 Å². The Balaban J connectivity index is 2.19. The van der Waals surface area contributed by atoms with Gasteiger partial charge >= 0.3 is 17.1 Å². The molecule has 0 spiro atoms. The van der Waals surface area contributed by atoms with Crippen molar-refractivity contribution in [2.24, 2.45) is 0 Å². The second-order valence-electron chi connectivity index (χ2n) is 3.41. The van der Waals surface area contributed by atoms with Crippen LogP contribution in [-0.2, 0) is 0 Å². The molecular formula is C9H4N4O4S. The quantitative estimate of drug-likeness (QED) is 0.622. The minimum absolute atomic E-state index is 0.0527. The standard InChI is InChI=1S/C9H4N4O4S/c14-7-8(15)13(7)12-6-4(9(16)17)3-1-10-2-11-5(3)18-6/h1-2,12H,(H,16,17). The summed E-state index contributed by atoms with van der Waals surface area (Å²) in [4.78, 5) is 41.0. The van der Waals surface area contributed by atoms with E-state index in [1.807, 2.05) is 0 Å². The number of nitrogens with one attached hydrogen (secondary N) is 1. The number of rotatable bonds is 3. The molecule has 0 saturated carbocycles. The Kier molecular flexibility index (Phi) is 2.04. The highest BCUT2D eigenvalue weighted by Gasteiger charge is 2.23. The summed E-state index contributed by atoms with van der Waals surface area (Å²) in [5.41, 5.74) is 1.01. The highest BCUT2D eigenvalue weighted by Crippen LogP contribution is 2.33. The number of carboxylic acid groups (broad SMARTS) is 1. The van der Waals surface area contributed by atoms with Crippen molar-refractivity contribution in [3.8, 4) is 0 Å². The van der Waals surface area contributed by atoms with E-state index >= 15 is 0 Å². The predicted molar refractivity (Wildman–Crippen MR) is 62.7 cm³/mol. The maximum Gasteiger partial charge on any atom is 0.340 e. The second-order valence-corrected chi connectivity index (χ2v) is 4.41. The summed E-state index contributed by atoms with van der Waals surface area (Å²) in [5, 5.41) is 9.68. The largest absolute Gasteiger partial charge is 0.478 e. The molecule has 90 valence electrons. The lowest BCUT2D eigenvalue weighted by atomic mass is 10.2. The van der Waals surface area contributed by atoms with Crippen LogP contribution in [0.25, 0.3) is 10.2 Å². The van der Waals surface area contributed by atoms with E-state index in [4.69, 9.17) is 5.11 Å². The Bertz CT molecular complexity index is 816.